The van der Waals surface area contributed by atoms with Crippen LogP contribution < -0.4 is 10.8 Å². The van der Waals surface area contributed by atoms with Gasteiger partial charge in [-0.25, -0.2) is 9.79 Å². The number of nitrogens with one attached hydrogen (secondary N) is 2. The Balaban J connectivity index is 0.000000583. The van der Waals surface area contributed by atoms with Crippen molar-refractivity contribution in [2.45, 2.75) is 64.4 Å². The molecular weight excluding hydrogens is 570 g/mol. The van der Waals surface area contributed by atoms with Crippen LogP contribution in [0.3, 0.4) is 0 Å². The van der Waals surface area contributed by atoms with Crippen LogP contribution in [0, 0.1) is 5.41 Å². The van der Waals surface area contributed by atoms with Crippen molar-refractivity contribution in [3.63, 3.8) is 0 Å². The summed E-state index contributed by atoms with van der Waals surface area (Å²) in [5.74, 6) is -0.403. The van der Waals surface area contributed by atoms with Crippen molar-refractivity contribution in [1.82, 2.24) is 24.9 Å². The molecule has 0 atom stereocenters. The highest BCUT2D eigenvalue weighted by molar-refractivity contribution is 7.97. The summed E-state index contributed by atoms with van der Waals surface area (Å²) in [6.45, 7) is 19.9. The Hall–Kier alpha value is -2.24. The van der Waals surface area contributed by atoms with Crippen molar-refractivity contribution in [2.24, 2.45) is 5.41 Å². The van der Waals surface area contributed by atoms with E-state index in [-0.39, 0.29) is 5.54 Å². The number of hydroxylamine groups is 1. The normalized spacial score (nSPS) is 17.0. The molecule has 2 aromatic carbocycles. The van der Waals surface area contributed by atoms with E-state index in [9.17, 15) is 4.79 Å². The van der Waals surface area contributed by atoms with Crippen molar-refractivity contribution in [3.05, 3.63) is 65.7 Å². The summed E-state index contributed by atoms with van der Waals surface area (Å²) in [5.41, 5.74) is 6.70. The molecule has 0 unspecified atom stereocenters. The van der Waals surface area contributed by atoms with Crippen LogP contribution in [0.1, 0.15) is 53.0 Å². The largest absolute Gasteiger partial charge is 0.383 e. The van der Waals surface area contributed by atoms with Gasteiger partial charge >= 0.3 is 0 Å². The summed E-state index contributed by atoms with van der Waals surface area (Å²) in [5, 5.41) is 11.9. The van der Waals surface area contributed by atoms with Gasteiger partial charge in [0, 0.05) is 68.9 Å². The highest BCUT2D eigenvalue weighted by Gasteiger charge is 2.29. The molecular formula is C35H55N5O3S. The molecule has 9 heteroatoms. The zero-order valence-electron chi connectivity index (χ0n) is 28.0. The second-order valence-electron chi connectivity index (χ2n) is 13.2. The van der Waals surface area contributed by atoms with Crippen LogP contribution in [0.2, 0.25) is 0 Å². The van der Waals surface area contributed by atoms with Crippen LogP contribution in [-0.2, 0) is 16.1 Å². The topological polar surface area (TPSA) is 80.3 Å². The van der Waals surface area contributed by atoms with Gasteiger partial charge in [0.05, 0.1) is 6.61 Å². The molecule has 2 aliphatic rings. The Labute approximate surface area is 270 Å². The van der Waals surface area contributed by atoms with Crippen LogP contribution in [0.15, 0.2) is 65.1 Å². The van der Waals surface area contributed by atoms with Gasteiger partial charge in [-0.05, 0) is 86.5 Å². The van der Waals surface area contributed by atoms with E-state index < -0.39 is 5.91 Å². The van der Waals surface area contributed by atoms with Gasteiger partial charge in [0.2, 0.25) is 0 Å². The highest BCUT2D eigenvalue weighted by atomic mass is 32.2. The third-order valence-corrected chi connectivity index (χ3v) is 9.76. The first-order chi connectivity index (χ1) is 21.0. The van der Waals surface area contributed by atoms with Crippen LogP contribution >= 0.6 is 11.9 Å². The molecule has 244 valence electrons. The monoisotopic (exact) mass is 625 g/mol. The molecule has 0 bridgehead atoms. The van der Waals surface area contributed by atoms with Crippen LogP contribution in [0.4, 0.5) is 0 Å². The molecule has 2 aliphatic heterocycles. The molecule has 2 aromatic rings. The fraction of sp³-hybridized carbons (Fsp3) is 0.571. The lowest BCUT2D eigenvalue weighted by Crippen LogP contribution is -2.56. The molecule has 0 aromatic heterocycles. The molecule has 3 N–H and O–H groups in total. The SMILES string of the molecule is CCC(C)(C)CNC.COCC(C)(C)N1CCN(Cc2ccc(-c3ccc(SN4CC=C(C(=O)NO)CC4)cc3)cc2)CC1. The fourth-order valence-electron chi connectivity index (χ4n) is 5.49. The molecule has 44 heavy (non-hydrogen) atoms. The Morgan fingerprint density at radius 1 is 0.955 bits per heavy atom. The number of hydrogen-bond acceptors (Lipinski definition) is 8. The molecule has 1 fully saturated rings. The number of benzene rings is 2. The zero-order valence-corrected chi connectivity index (χ0v) is 28.8. The molecule has 0 spiro atoms. The summed E-state index contributed by atoms with van der Waals surface area (Å²) in [6.07, 6.45) is 3.75. The Morgan fingerprint density at radius 3 is 2.05 bits per heavy atom. The fourth-order valence-corrected chi connectivity index (χ4v) is 6.38. The van der Waals surface area contributed by atoms with E-state index in [0.29, 0.717) is 24.0 Å². The average molecular weight is 626 g/mol. The first kappa shape index (κ1) is 36.2. The maximum atomic E-state index is 11.5. The third-order valence-electron chi connectivity index (χ3n) is 8.69. The summed E-state index contributed by atoms with van der Waals surface area (Å²) < 4.78 is 7.62. The van der Waals surface area contributed by atoms with Crippen LogP contribution in [0.5, 0.6) is 0 Å². The van der Waals surface area contributed by atoms with E-state index in [2.05, 4.69) is 103 Å². The predicted molar refractivity (Wildman–Crippen MR) is 183 cm³/mol. The van der Waals surface area contributed by atoms with E-state index in [1.54, 1.807) is 24.5 Å². The molecule has 0 radical (unpaired) electrons. The number of carbonyl (C=O) groups excluding carboxylic acids is 1. The lowest BCUT2D eigenvalue weighted by molar-refractivity contribution is -0.125. The van der Waals surface area contributed by atoms with Crippen molar-refractivity contribution >= 4 is 17.9 Å². The number of amides is 1. The minimum Gasteiger partial charge on any atom is -0.383 e. The number of carbonyl (C=O) groups is 1. The molecule has 1 amide bonds. The Kier molecular flexibility index (Phi) is 14.4. The van der Waals surface area contributed by atoms with Gasteiger partial charge in [-0.2, -0.15) is 0 Å². The minimum atomic E-state index is -0.403. The van der Waals surface area contributed by atoms with Gasteiger partial charge in [-0.15, -0.1) is 0 Å². The number of piperazine rings is 1. The predicted octanol–water partition coefficient (Wildman–Crippen LogP) is 5.68. The van der Waals surface area contributed by atoms with Gasteiger partial charge in [-0.3, -0.25) is 19.8 Å². The lowest BCUT2D eigenvalue weighted by atomic mass is 9.90. The van der Waals surface area contributed by atoms with Crippen molar-refractivity contribution in [2.75, 3.05) is 66.6 Å². The van der Waals surface area contributed by atoms with Gasteiger partial charge in [-0.1, -0.05) is 63.2 Å². The van der Waals surface area contributed by atoms with E-state index in [1.165, 1.54) is 28.0 Å². The Morgan fingerprint density at radius 2 is 1.57 bits per heavy atom. The molecule has 0 saturated carbocycles. The van der Waals surface area contributed by atoms with E-state index >= 15 is 0 Å². The summed E-state index contributed by atoms with van der Waals surface area (Å²) in [6, 6.07) is 17.6. The second-order valence-corrected chi connectivity index (χ2v) is 14.3. The van der Waals surface area contributed by atoms with Crippen molar-refractivity contribution in [1.29, 1.82) is 0 Å². The average Bonchev–Trinajstić information content (AvgIpc) is 3.02. The first-order valence-electron chi connectivity index (χ1n) is 15.9. The second kappa shape index (κ2) is 17.5. The quantitative estimate of drug-likeness (QED) is 0.158. The van der Waals surface area contributed by atoms with Crippen LogP contribution in [0.25, 0.3) is 11.1 Å². The first-order valence-corrected chi connectivity index (χ1v) is 16.6. The highest BCUT2D eigenvalue weighted by Crippen LogP contribution is 2.29. The van der Waals surface area contributed by atoms with Crippen molar-refractivity contribution in [3.8, 4) is 11.1 Å². The summed E-state index contributed by atoms with van der Waals surface area (Å²) >= 11 is 1.69. The van der Waals surface area contributed by atoms with Crippen molar-refractivity contribution < 1.29 is 14.7 Å². The summed E-state index contributed by atoms with van der Waals surface area (Å²) in [4.78, 5) is 17.8. The molecule has 4 rings (SSSR count). The number of rotatable bonds is 12. The molecule has 2 heterocycles. The molecule has 0 aliphatic carbocycles. The van der Waals surface area contributed by atoms with E-state index in [0.717, 1.165) is 52.4 Å². The zero-order chi connectivity index (χ0) is 32.2. The Bertz CT molecular complexity index is 1180. The number of methoxy groups -OCH3 is 1. The summed E-state index contributed by atoms with van der Waals surface area (Å²) in [7, 11) is 3.78. The van der Waals surface area contributed by atoms with Gasteiger partial charge in [0.1, 0.15) is 0 Å². The molecule has 1 saturated heterocycles. The standard InChI is InChI=1S/C28H38N4O3S.C7H17N/c1-28(2,21-35-3)31-18-16-30(17-19-31)20-22-4-6-23(7-5-22)24-8-10-26(11-9-24)36-32-14-12-25(13-15-32)27(33)29-34;1-5-7(2,3)6-8-4/h4-12,34H,13-21H2,1-3H3,(H,29,33);8H,5-6H2,1-4H3. The maximum absolute atomic E-state index is 11.5. The minimum absolute atomic E-state index is 0.0867. The van der Waals surface area contributed by atoms with Gasteiger partial charge in [0.25, 0.3) is 5.91 Å². The van der Waals surface area contributed by atoms with Gasteiger partial charge in [0.15, 0.2) is 0 Å². The third kappa shape index (κ3) is 11.3. The number of ether oxygens (including phenoxy) is 1. The number of nitrogens with zero attached hydrogens (tertiary/aromatic N) is 3. The van der Waals surface area contributed by atoms with E-state index in [4.69, 9.17) is 9.94 Å². The lowest BCUT2D eigenvalue weighted by Gasteiger charge is -2.43. The molecule has 8 nitrogen and oxygen atoms in total. The number of hydrogen-bond donors (Lipinski definition) is 3. The van der Waals surface area contributed by atoms with Crippen LogP contribution in [-0.4, -0.2) is 97.3 Å². The van der Waals surface area contributed by atoms with Gasteiger partial charge < -0.3 is 10.1 Å². The maximum Gasteiger partial charge on any atom is 0.270 e. The smallest absolute Gasteiger partial charge is 0.270 e. The van der Waals surface area contributed by atoms with E-state index in [1.807, 2.05) is 13.1 Å².